The van der Waals surface area contributed by atoms with E-state index in [1.165, 1.54) is 6.26 Å². The minimum Gasteiger partial charge on any atom is -0.467 e. The Kier molecular flexibility index (Phi) is 10.9. The Hall–Kier alpha value is -0.750. The van der Waals surface area contributed by atoms with Crippen LogP contribution in [0.25, 0.3) is 0 Å². The van der Waals surface area contributed by atoms with Crippen LogP contribution < -0.4 is 11.1 Å². The van der Waals surface area contributed by atoms with E-state index >= 15 is 0 Å². The van der Waals surface area contributed by atoms with E-state index in [1.54, 1.807) is 6.07 Å². The second kappa shape index (κ2) is 10.1. The SMILES string of the molecule is CC(C)N(C)CCNC(=O)c1coc(CN)c1.Cl.Cl. The van der Waals surface area contributed by atoms with Gasteiger partial charge in [0.25, 0.3) is 5.91 Å². The van der Waals surface area contributed by atoms with Crippen molar-refractivity contribution < 1.29 is 9.21 Å². The molecule has 0 saturated heterocycles. The number of amides is 1. The summed E-state index contributed by atoms with van der Waals surface area (Å²) in [4.78, 5) is 13.9. The molecule has 1 amide bonds. The van der Waals surface area contributed by atoms with Crippen molar-refractivity contribution in [2.45, 2.75) is 26.4 Å². The monoisotopic (exact) mass is 311 g/mol. The molecule has 1 aromatic rings. The number of furan rings is 1. The second-order valence-corrected chi connectivity index (χ2v) is 4.34. The average molecular weight is 312 g/mol. The number of nitrogens with zero attached hydrogens (tertiary/aromatic N) is 1. The van der Waals surface area contributed by atoms with Crippen molar-refractivity contribution >= 4 is 30.7 Å². The number of likely N-dealkylation sites (N-methyl/N-ethyl adjacent to an activating group) is 1. The van der Waals surface area contributed by atoms with Crippen LogP contribution >= 0.6 is 24.8 Å². The third-order valence-electron chi connectivity index (χ3n) is 2.75. The van der Waals surface area contributed by atoms with Crippen LogP contribution in [0, 0.1) is 0 Å². The minimum absolute atomic E-state index is 0. The van der Waals surface area contributed by atoms with Gasteiger partial charge in [-0.1, -0.05) is 0 Å². The Morgan fingerprint density at radius 3 is 2.58 bits per heavy atom. The molecule has 0 aromatic carbocycles. The molecule has 0 atom stereocenters. The smallest absolute Gasteiger partial charge is 0.254 e. The molecular weight excluding hydrogens is 289 g/mol. The predicted molar refractivity (Wildman–Crippen MR) is 81.2 cm³/mol. The first-order valence-corrected chi connectivity index (χ1v) is 5.80. The second-order valence-electron chi connectivity index (χ2n) is 4.34. The molecule has 7 heteroatoms. The molecule has 1 heterocycles. The molecule has 0 radical (unpaired) electrons. The van der Waals surface area contributed by atoms with Crippen LogP contribution in [0.15, 0.2) is 16.7 Å². The summed E-state index contributed by atoms with van der Waals surface area (Å²) in [6, 6.07) is 2.14. The molecule has 0 bridgehead atoms. The van der Waals surface area contributed by atoms with Gasteiger partial charge >= 0.3 is 0 Å². The van der Waals surface area contributed by atoms with Crippen LogP contribution in [-0.4, -0.2) is 37.0 Å². The van der Waals surface area contributed by atoms with Gasteiger partial charge in [-0.3, -0.25) is 4.79 Å². The van der Waals surface area contributed by atoms with Crippen molar-refractivity contribution in [3.05, 3.63) is 23.7 Å². The number of hydrogen-bond donors (Lipinski definition) is 2. The Balaban J connectivity index is 0. The van der Waals surface area contributed by atoms with Gasteiger partial charge < -0.3 is 20.4 Å². The Bertz CT molecular complexity index is 370. The zero-order valence-electron chi connectivity index (χ0n) is 11.5. The molecular formula is C12H23Cl2N3O2. The van der Waals surface area contributed by atoms with Crippen LogP contribution in [0.4, 0.5) is 0 Å². The van der Waals surface area contributed by atoms with Gasteiger partial charge in [0.2, 0.25) is 0 Å². The van der Waals surface area contributed by atoms with E-state index in [0.717, 1.165) is 6.54 Å². The van der Waals surface area contributed by atoms with Crippen LogP contribution in [-0.2, 0) is 6.54 Å². The Labute approximate surface area is 126 Å². The lowest BCUT2D eigenvalue weighted by Crippen LogP contribution is -2.36. The number of nitrogens with two attached hydrogens (primary N) is 1. The van der Waals surface area contributed by atoms with E-state index in [-0.39, 0.29) is 30.7 Å². The maximum atomic E-state index is 11.7. The molecule has 0 saturated carbocycles. The van der Waals surface area contributed by atoms with Crippen molar-refractivity contribution in [3.63, 3.8) is 0 Å². The van der Waals surface area contributed by atoms with Crippen LogP contribution in [0.3, 0.4) is 0 Å². The highest BCUT2D eigenvalue weighted by Gasteiger charge is 2.09. The maximum Gasteiger partial charge on any atom is 0.254 e. The van der Waals surface area contributed by atoms with E-state index < -0.39 is 0 Å². The molecule has 0 fully saturated rings. The van der Waals surface area contributed by atoms with Gasteiger partial charge in [-0.2, -0.15) is 0 Å². The molecule has 0 unspecified atom stereocenters. The fraction of sp³-hybridized carbons (Fsp3) is 0.583. The zero-order chi connectivity index (χ0) is 12.8. The standard InChI is InChI=1S/C12H21N3O2.2ClH/c1-9(2)15(3)5-4-14-12(16)10-6-11(7-13)17-8-10;;/h6,8-9H,4-5,7,13H2,1-3H3,(H,14,16);2*1H. The lowest BCUT2D eigenvalue weighted by atomic mass is 10.3. The average Bonchev–Trinajstić information content (AvgIpc) is 2.77. The van der Waals surface area contributed by atoms with Gasteiger partial charge in [-0.15, -0.1) is 24.8 Å². The number of nitrogens with one attached hydrogen (secondary N) is 1. The summed E-state index contributed by atoms with van der Waals surface area (Å²) in [6.07, 6.45) is 1.43. The highest BCUT2D eigenvalue weighted by Crippen LogP contribution is 2.06. The fourth-order valence-corrected chi connectivity index (χ4v) is 1.31. The van der Waals surface area contributed by atoms with Gasteiger partial charge in [0.15, 0.2) is 0 Å². The van der Waals surface area contributed by atoms with Crippen molar-refractivity contribution in [3.8, 4) is 0 Å². The molecule has 0 spiro atoms. The van der Waals surface area contributed by atoms with Crippen molar-refractivity contribution in [2.24, 2.45) is 5.73 Å². The molecule has 1 rings (SSSR count). The van der Waals surface area contributed by atoms with Crippen LogP contribution in [0.2, 0.25) is 0 Å². The van der Waals surface area contributed by atoms with E-state index in [0.29, 0.717) is 30.5 Å². The molecule has 1 aromatic heterocycles. The number of carbonyl (C=O) groups is 1. The summed E-state index contributed by atoms with van der Waals surface area (Å²) >= 11 is 0. The summed E-state index contributed by atoms with van der Waals surface area (Å²) in [5.74, 6) is 0.500. The van der Waals surface area contributed by atoms with Gasteiger partial charge in [-0.05, 0) is 27.0 Å². The van der Waals surface area contributed by atoms with E-state index in [4.69, 9.17) is 10.2 Å². The number of halogens is 2. The van der Waals surface area contributed by atoms with Gasteiger partial charge in [0, 0.05) is 19.1 Å². The third kappa shape index (κ3) is 6.82. The first-order chi connectivity index (χ1) is 8.04. The van der Waals surface area contributed by atoms with E-state index in [1.807, 2.05) is 7.05 Å². The van der Waals surface area contributed by atoms with Gasteiger partial charge in [0.05, 0.1) is 12.1 Å². The van der Waals surface area contributed by atoms with Gasteiger partial charge in [-0.25, -0.2) is 0 Å². The van der Waals surface area contributed by atoms with Crippen molar-refractivity contribution in [2.75, 3.05) is 20.1 Å². The van der Waals surface area contributed by atoms with Crippen molar-refractivity contribution in [1.82, 2.24) is 10.2 Å². The Morgan fingerprint density at radius 1 is 1.47 bits per heavy atom. The summed E-state index contributed by atoms with van der Waals surface area (Å²) in [6.45, 7) is 5.99. The summed E-state index contributed by atoms with van der Waals surface area (Å²) in [7, 11) is 2.03. The molecule has 0 aliphatic rings. The van der Waals surface area contributed by atoms with E-state index in [9.17, 15) is 4.79 Å². The van der Waals surface area contributed by atoms with Crippen LogP contribution in [0.5, 0.6) is 0 Å². The summed E-state index contributed by atoms with van der Waals surface area (Å²) in [5.41, 5.74) is 5.93. The first kappa shape index (κ1) is 20.6. The number of hydrogen-bond acceptors (Lipinski definition) is 4. The lowest BCUT2D eigenvalue weighted by Gasteiger charge is -2.20. The number of rotatable bonds is 6. The molecule has 112 valence electrons. The van der Waals surface area contributed by atoms with Crippen molar-refractivity contribution in [1.29, 1.82) is 0 Å². The predicted octanol–water partition coefficient (Wildman–Crippen LogP) is 1.65. The largest absolute Gasteiger partial charge is 0.467 e. The Morgan fingerprint density at radius 2 is 2.11 bits per heavy atom. The highest BCUT2D eigenvalue weighted by molar-refractivity contribution is 5.93. The molecule has 5 nitrogen and oxygen atoms in total. The molecule has 19 heavy (non-hydrogen) atoms. The summed E-state index contributed by atoms with van der Waals surface area (Å²) < 4.78 is 5.10. The maximum absolute atomic E-state index is 11.7. The number of carbonyl (C=O) groups excluding carboxylic acids is 1. The van der Waals surface area contributed by atoms with Gasteiger partial charge in [0.1, 0.15) is 12.0 Å². The third-order valence-corrected chi connectivity index (χ3v) is 2.75. The highest BCUT2D eigenvalue weighted by atomic mass is 35.5. The van der Waals surface area contributed by atoms with E-state index in [2.05, 4.69) is 24.1 Å². The first-order valence-electron chi connectivity index (χ1n) is 5.80. The quantitative estimate of drug-likeness (QED) is 0.838. The molecule has 0 aliphatic carbocycles. The summed E-state index contributed by atoms with van der Waals surface area (Å²) in [5, 5.41) is 2.84. The lowest BCUT2D eigenvalue weighted by molar-refractivity contribution is 0.0947. The van der Waals surface area contributed by atoms with Crippen LogP contribution in [0.1, 0.15) is 30.0 Å². The fourth-order valence-electron chi connectivity index (χ4n) is 1.31. The molecule has 3 N–H and O–H groups in total. The molecule has 0 aliphatic heterocycles. The minimum atomic E-state index is -0.120. The normalized spacial score (nSPS) is 10.0. The zero-order valence-corrected chi connectivity index (χ0v) is 13.1. The topological polar surface area (TPSA) is 71.5 Å².